The molecule has 0 amide bonds. The molecular weight excluding hydrogens is 342 g/mol. The average molecular weight is 376 g/mol. The quantitative estimate of drug-likeness (QED) is 0.412. The van der Waals surface area contributed by atoms with Gasteiger partial charge in [-0.2, -0.15) is 0 Å². The minimum Gasteiger partial charge on any atom is -0.480 e. The highest BCUT2D eigenvalue weighted by Crippen LogP contribution is 2.38. The molecule has 27 heavy (non-hydrogen) atoms. The molecule has 1 saturated heterocycles. The molecule has 3 rings (SSSR count). The van der Waals surface area contributed by atoms with E-state index in [4.69, 9.17) is 10.9 Å². The van der Waals surface area contributed by atoms with E-state index in [2.05, 4.69) is 34.6 Å². The van der Waals surface area contributed by atoms with Gasteiger partial charge in [-0.25, -0.2) is 5.48 Å². The molecule has 1 fully saturated rings. The average Bonchev–Trinajstić information content (AvgIpc) is 2.70. The molecule has 1 aliphatic carbocycles. The molecule has 0 saturated carbocycles. The number of aliphatic carboxylic acids is 1. The fraction of sp³-hybridized carbons (Fsp3) is 0.667. The van der Waals surface area contributed by atoms with Crippen LogP contribution < -0.4 is 11.2 Å². The van der Waals surface area contributed by atoms with Crippen LogP contribution >= 0.6 is 0 Å². The summed E-state index contributed by atoms with van der Waals surface area (Å²) in [6.07, 6.45) is 7.11. The third-order valence-electron chi connectivity index (χ3n) is 6.56. The third kappa shape index (κ3) is 4.51. The Morgan fingerprint density at radius 3 is 2.67 bits per heavy atom. The molecule has 150 valence electrons. The van der Waals surface area contributed by atoms with E-state index < -0.39 is 11.5 Å². The highest BCUT2D eigenvalue weighted by Gasteiger charge is 2.43. The van der Waals surface area contributed by atoms with E-state index in [1.807, 2.05) is 0 Å². The van der Waals surface area contributed by atoms with Gasteiger partial charge in [-0.1, -0.05) is 24.3 Å². The number of unbranched alkanes of at least 4 members (excludes halogenated alkanes) is 1. The number of carbonyl (C=O) groups is 1. The van der Waals surface area contributed by atoms with Crippen LogP contribution in [0.25, 0.3) is 0 Å². The minimum atomic E-state index is -1.16. The first-order chi connectivity index (χ1) is 13.1. The molecule has 0 bridgehead atoms. The van der Waals surface area contributed by atoms with Gasteiger partial charge in [0.25, 0.3) is 0 Å². The Balaban J connectivity index is 1.61. The maximum absolute atomic E-state index is 11.9. The highest BCUT2D eigenvalue weighted by atomic mass is 16.5. The number of hydrogen-bond acceptors (Lipinski definition) is 5. The van der Waals surface area contributed by atoms with Crippen LogP contribution in [0.5, 0.6) is 0 Å². The Morgan fingerprint density at radius 1 is 1.22 bits per heavy atom. The summed E-state index contributed by atoms with van der Waals surface area (Å²) in [5, 5.41) is 18.5. The number of hydrogen-bond donors (Lipinski definition) is 4. The fourth-order valence-electron chi connectivity index (χ4n) is 4.94. The van der Waals surface area contributed by atoms with E-state index in [9.17, 15) is 9.90 Å². The topological polar surface area (TPSA) is 98.8 Å². The molecule has 1 aromatic carbocycles. The molecule has 0 aromatic heterocycles. The summed E-state index contributed by atoms with van der Waals surface area (Å²) >= 11 is 0. The standard InChI is InChI=1S/C21H33N3O3/c22-21(20(25)26,12-3-4-13-23-27)17-10-14-24(15-11-17)19-9-5-7-16-6-1-2-8-18(16)19/h1-2,6,8,17,19,23,27H,3-5,7,9-15,22H2,(H,25,26). The molecule has 1 aliphatic heterocycles. The maximum atomic E-state index is 11.9. The summed E-state index contributed by atoms with van der Waals surface area (Å²) in [6.45, 7) is 2.29. The smallest absolute Gasteiger partial charge is 0.323 e. The highest BCUT2D eigenvalue weighted by molar-refractivity contribution is 5.79. The lowest BCUT2D eigenvalue weighted by Crippen LogP contribution is -2.57. The van der Waals surface area contributed by atoms with Gasteiger partial charge in [-0.05, 0) is 81.5 Å². The van der Waals surface area contributed by atoms with Crippen LogP contribution in [0.15, 0.2) is 24.3 Å². The van der Waals surface area contributed by atoms with Gasteiger partial charge in [0, 0.05) is 12.6 Å². The van der Waals surface area contributed by atoms with Gasteiger partial charge in [-0.15, -0.1) is 0 Å². The van der Waals surface area contributed by atoms with E-state index in [1.54, 1.807) is 0 Å². The number of likely N-dealkylation sites (tertiary alicyclic amines) is 1. The molecule has 2 atom stereocenters. The number of fused-ring (bicyclic) bond motifs is 1. The van der Waals surface area contributed by atoms with Crippen molar-refractivity contribution in [2.24, 2.45) is 11.7 Å². The normalized spacial score (nSPS) is 23.6. The largest absolute Gasteiger partial charge is 0.480 e. The second-order valence-electron chi connectivity index (χ2n) is 8.13. The molecule has 1 heterocycles. The Morgan fingerprint density at radius 2 is 1.96 bits per heavy atom. The summed E-state index contributed by atoms with van der Waals surface area (Å²) in [7, 11) is 0. The zero-order chi connectivity index (χ0) is 19.3. The van der Waals surface area contributed by atoms with E-state index in [0.717, 1.165) is 38.8 Å². The number of rotatable bonds is 8. The van der Waals surface area contributed by atoms with Crippen LogP contribution in [0.4, 0.5) is 0 Å². The monoisotopic (exact) mass is 375 g/mol. The molecule has 1 aromatic rings. The second-order valence-corrected chi connectivity index (χ2v) is 8.13. The zero-order valence-electron chi connectivity index (χ0n) is 16.1. The van der Waals surface area contributed by atoms with E-state index in [1.165, 1.54) is 24.0 Å². The van der Waals surface area contributed by atoms with Crippen molar-refractivity contribution in [2.45, 2.75) is 62.9 Å². The fourth-order valence-corrected chi connectivity index (χ4v) is 4.94. The van der Waals surface area contributed by atoms with Crippen LogP contribution in [0.1, 0.15) is 62.1 Å². The van der Waals surface area contributed by atoms with Crippen molar-refractivity contribution < 1.29 is 15.1 Å². The first-order valence-corrected chi connectivity index (χ1v) is 10.3. The van der Waals surface area contributed by atoms with Crippen LogP contribution in [0.2, 0.25) is 0 Å². The van der Waals surface area contributed by atoms with Crippen LogP contribution in [0.3, 0.4) is 0 Å². The Kier molecular flexibility index (Phi) is 6.87. The Labute approximate surface area is 161 Å². The molecule has 6 nitrogen and oxygen atoms in total. The van der Waals surface area contributed by atoms with E-state index >= 15 is 0 Å². The zero-order valence-corrected chi connectivity index (χ0v) is 16.1. The number of aryl methyl sites for hydroxylation is 1. The molecule has 6 heteroatoms. The van der Waals surface area contributed by atoms with Gasteiger partial charge in [-0.3, -0.25) is 9.69 Å². The van der Waals surface area contributed by atoms with Gasteiger partial charge in [0.05, 0.1) is 0 Å². The number of benzene rings is 1. The molecule has 2 aliphatic rings. The molecular formula is C21H33N3O3. The summed E-state index contributed by atoms with van der Waals surface area (Å²) in [6, 6.07) is 9.20. The van der Waals surface area contributed by atoms with Crippen molar-refractivity contribution in [1.82, 2.24) is 10.4 Å². The molecule has 0 spiro atoms. The minimum absolute atomic E-state index is 0.00664. The van der Waals surface area contributed by atoms with Gasteiger partial charge in [0.2, 0.25) is 0 Å². The Hall–Kier alpha value is -1.47. The van der Waals surface area contributed by atoms with Gasteiger partial charge in [0.1, 0.15) is 5.54 Å². The SMILES string of the molecule is NC(CCCCNO)(C(=O)O)C1CCN(C2CCCc3ccccc32)CC1. The van der Waals surface area contributed by atoms with E-state index in [-0.39, 0.29) is 5.92 Å². The first-order valence-electron chi connectivity index (χ1n) is 10.3. The number of piperidine rings is 1. The first kappa shape index (κ1) is 20.3. The summed E-state index contributed by atoms with van der Waals surface area (Å²) in [5.74, 6) is -0.881. The van der Waals surface area contributed by atoms with E-state index in [0.29, 0.717) is 25.4 Å². The van der Waals surface area contributed by atoms with Gasteiger partial charge >= 0.3 is 5.97 Å². The van der Waals surface area contributed by atoms with Crippen molar-refractivity contribution in [2.75, 3.05) is 19.6 Å². The third-order valence-corrected chi connectivity index (χ3v) is 6.56. The number of carboxylic acid groups (broad SMARTS) is 1. The van der Waals surface area contributed by atoms with Crippen LogP contribution in [-0.2, 0) is 11.2 Å². The van der Waals surface area contributed by atoms with Gasteiger partial charge in [0.15, 0.2) is 0 Å². The number of hydroxylamine groups is 1. The lowest BCUT2D eigenvalue weighted by atomic mass is 9.74. The lowest BCUT2D eigenvalue weighted by Gasteiger charge is -2.44. The lowest BCUT2D eigenvalue weighted by molar-refractivity contribution is -0.147. The molecule has 5 N–H and O–H groups in total. The molecule has 0 radical (unpaired) electrons. The maximum Gasteiger partial charge on any atom is 0.323 e. The van der Waals surface area contributed by atoms with Crippen molar-refractivity contribution >= 4 is 5.97 Å². The molecule has 2 unspecified atom stereocenters. The summed E-state index contributed by atoms with van der Waals surface area (Å²) in [4.78, 5) is 14.5. The van der Waals surface area contributed by atoms with Crippen LogP contribution in [0, 0.1) is 5.92 Å². The number of carboxylic acids is 1. The summed E-state index contributed by atoms with van der Waals surface area (Å²) in [5.41, 5.74) is 10.3. The predicted molar refractivity (Wildman–Crippen MR) is 105 cm³/mol. The predicted octanol–water partition coefficient (Wildman–Crippen LogP) is 2.71. The second kappa shape index (κ2) is 9.15. The number of nitrogens with two attached hydrogens (primary N) is 1. The van der Waals surface area contributed by atoms with Gasteiger partial charge < -0.3 is 16.0 Å². The Bertz CT molecular complexity index is 631. The number of nitrogens with zero attached hydrogens (tertiary/aromatic N) is 1. The van der Waals surface area contributed by atoms with Crippen molar-refractivity contribution in [3.63, 3.8) is 0 Å². The summed E-state index contributed by atoms with van der Waals surface area (Å²) < 4.78 is 0. The van der Waals surface area contributed by atoms with Crippen molar-refractivity contribution in [3.8, 4) is 0 Å². The van der Waals surface area contributed by atoms with Crippen molar-refractivity contribution in [1.29, 1.82) is 0 Å². The van der Waals surface area contributed by atoms with Crippen molar-refractivity contribution in [3.05, 3.63) is 35.4 Å². The number of nitrogens with one attached hydrogen (secondary N) is 1. The van der Waals surface area contributed by atoms with Crippen LogP contribution in [-0.4, -0.2) is 46.4 Å².